The van der Waals surface area contributed by atoms with E-state index in [1.807, 2.05) is 0 Å². The Labute approximate surface area is 74.3 Å². The molecule has 0 saturated carbocycles. The highest BCUT2D eigenvalue weighted by Crippen LogP contribution is 2.14. The van der Waals surface area contributed by atoms with Crippen molar-refractivity contribution < 1.29 is 20.2 Å². The van der Waals surface area contributed by atoms with Gasteiger partial charge >= 0.3 is 0 Å². The topological polar surface area (TPSA) is 81.3 Å². The predicted octanol–water partition coefficient (Wildman–Crippen LogP) is -0.338. The highest BCUT2D eigenvalue weighted by Gasteiger charge is 2.12. The highest BCUT2D eigenvalue weighted by molar-refractivity contribution is 5.39. The minimum Gasteiger partial charge on any atom is -0.870 e. The standard InChI is InChI=1S/C8H8FNO2.H2O/c9-7-2-1-3-8(10-12)6(7)4-5-11;/h1-3,11H,4-5H2;1H2. The quantitative estimate of drug-likeness (QED) is 0.679. The fraction of sp³-hybridized carbons (Fsp3) is 0.250. The van der Waals surface area contributed by atoms with E-state index in [0.29, 0.717) is 0 Å². The zero-order valence-electron chi connectivity index (χ0n) is 6.83. The van der Waals surface area contributed by atoms with Crippen LogP contribution < -0.4 is 5.18 Å². The van der Waals surface area contributed by atoms with Gasteiger partial charge in [0.1, 0.15) is 5.82 Å². The van der Waals surface area contributed by atoms with Crippen molar-refractivity contribution in [3.63, 3.8) is 0 Å². The Kier molecular flexibility index (Phi) is 4.79. The summed E-state index contributed by atoms with van der Waals surface area (Å²) in [5.74, 6) is -0.468. The number of nitrogens with one attached hydrogen (secondary N) is 1. The maximum atomic E-state index is 12.9. The molecule has 0 atom stereocenters. The van der Waals surface area contributed by atoms with E-state index in [4.69, 9.17) is 5.11 Å². The molecular formula is C8H10FNO3. The van der Waals surface area contributed by atoms with E-state index >= 15 is 0 Å². The number of hydrogen-bond donors (Lipinski definition) is 2. The molecule has 0 aliphatic heterocycles. The van der Waals surface area contributed by atoms with Crippen LogP contribution in [0.3, 0.4) is 0 Å². The van der Waals surface area contributed by atoms with Gasteiger partial charge in [-0.2, -0.15) is 0 Å². The van der Waals surface area contributed by atoms with Crippen LogP contribution in [0, 0.1) is 10.7 Å². The SMILES string of the molecule is O=[NH+]c1cccc(F)c1CCO.[OH-]. The van der Waals surface area contributed by atoms with E-state index in [9.17, 15) is 9.30 Å². The zero-order valence-corrected chi connectivity index (χ0v) is 6.83. The molecule has 1 aromatic carbocycles. The molecule has 4 nitrogen and oxygen atoms in total. The molecule has 0 amide bonds. The van der Waals surface area contributed by atoms with Crippen LogP contribution in [0.1, 0.15) is 5.56 Å². The van der Waals surface area contributed by atoms with Crippen molar-refractivity contribution in [3.8, 4) is 0 Å². The van der Waals surface area contributed by atoms with Gasteiger partial charge in [-0.3, -0.25) is 0 Å². The molecule has 1 rings (SSSR count). The van der Waals surface area contributed by atoms with Crippen molar-refractivity contribution in [3.05, 3.63) is 34.5 Å². The second kappa shape index (κ2) is 5.34. The molecule has 0 saturated heterocycles. The van der Waals surface area contributed by atoms with Gasteiger partial charge in [-0.05, 0) is 6.07 Å². The molecule has 0 aliphatic rings. The van der Waals surface area contributed by atoms with Crippen LogP contribution in [-0.2, 0) is 6.42 Å². The van der Waals surface area contributed by atoms with Gasteiger partial charge in [0, 0.05) is 29.2 Å². The van der Waals surface area contributed by atoms with Crippen LogP contribution in [-0.4, -0.2) is 17.2 Å². The second-order valence-corrected chi connectivity index (χ2v) is 2.34. The summed E-state index contributed by atoms with van der Waals surface area (Å²) in [5.41, 5.74) is 0.416. The molecule has 0 aromatic heterocycles. The van der Waals surface area contributed by atoms with Gasteiger partial charge in [-0.15, -0.1) is 0 Å². The lowest BCUT2D eigenvalue weighted by atomic mass is 10.1. The molecule has 0 heterocycles. The third-order valence-corrected chi connectivity index (χ3v) is 1.59. The molecule has 72 valence electrons. The molecule has 1 aromatic rings. The van der Waals surface area contributed by atoms with E-state index in [-0.39, 0.29) is 29.8 Å². The van der Waals surface area contributed by atoms with E-state index in [1.54, 1.807) is 5.18 Å². The molecule has 0 aliphatic carbocycles. The molecular weight excluding hydrogens is 177 g/mol. The fourth-order valence-electron chi connectivity index (χ4n) is 1.02. The Morgan fingerprint density at radius 3 is 2.69 bits per heavy atom. The number of benzene rings is 1. The maximum Gasteiger partial charge on any atom is 0.259 e. The number of aliphatic hydroxyl groups is 1. The summed E-state index contributed by atoms with van der Waals surface area (Å²) in [6, 6.07) is 4.17. The molecule has 3 N–H and O–H groups in total. The van der Waals surface area contributed by atoms with E-state index < -0.39 is 5.82 Å². The number of hydrogen-bond acceptors (Lipinski definition) is 3. The molecule has 0 bridgehead atoms. The van der Waals surface area contributed by atoms with Gasteiger partial charge in [0.2, 0.25) is 0 Å². The lowest BCUT2D eigenvalue weighted by molar-refractivity contribution is -0.380. The first kappa shape index (κ1) is 11.7. The van der Waals surface area contributed by atoms with Crippen molar-refractivity contribution in [1.82, 2.24) is 0 Å². The van der Waals surface area contributed by atoms with Crippen molar-refractivity contribution in [2.45, 2.75) is 6.42 Å². The van der Waals surface area contributed by atoms with E-state index in [0.717, 1.165) is 0 Å². The maximum absolute atomic E-state index is 12.9. The van der Waals surface area contributed by atoms with Crippen LogP contribution in [0.5, 0.6) is 0 Å². The Hall–Kier alpha value is -1.33. The van der Waals surface area contributed by atoms with Crippen LogP contribution in [0.4, 0.5) is 10.1 Å². The Morgan fingerprint density at radius 1 is 1.46 bits per heavy atom. The van der Waals surface area contributed by atoms with Crippen molar-refractivity contribution in [2.75, 3.05) is 6.61 Å². The van der Waals surface area contributed by atoms with Crippen LogP contribution >= 0.6 is 0 Å². The summed E-state index contributed by atoms with van der Waals surface area (Å²) in [6.07, 6.45) is 0.150. The third-order valence-electron chi connectivity index (χ3n) is 1.59. The monoisotopic (exact) mass is 187 g/mol. The molecule has 0 radical (unpaired) electrons. The molecule has 0 unspecified atom stereocenters. The molecule has 0 fully saturated rings. The third kappa shape index (κ3) is 2.57. The Balaban J connectivity index is 0.00000144. The van der Waals surface area contributed by atoms with E-state index in [1.165, 1.54) is 18.2 Å². The Bertz CT molecular complexity index is 291. The van der Waals surface area contributed by atoms with Crippen molar-refractivity contribution >= 4 is 5.69 Å². The summed E-state index contributed by atoms with van der Waals surface area (Å²) >= 11 is 0. The first-order valence-corrected chi connectivity index (χ1v) is 3.56. The zero-order chi connectivity index (χ0) is 8.97. The van der Waals surface area contributed by atoms with Gasteiger partial charge in [0.25, 0.3) is 5.69 Å². The van der Waals surface area contributed by atoms with Gasteiger partial charge < -0.3 is 10.6 Å². The van der Waals surface area contributed by atoms with Gasteiger partial charge in [0.15, 0.2) is 0 Å². The minimum atomic E-state index is -0.468. The first-order valence-electron chi connectivity index (χ1n) is 3.56. The number of rotatable bonds is 3. The number of aliphatic hydroxyl groups excluding tert-OH is 1. The van der Waals surface area contributed by atoms with Crippen molar-refractivity contribution in [1.29, 1.82) is 0 Å². The van der Waals surface area contributed by atoms with Crippen molar-refractivity contribution in [2.24, 2.45) is 0 Å². The van der Waals surface area contributed by atoms with Crippen LogP contribution in [0.15, 0.2) is 18.2 Å². The highest BCUT2D eigenvalue weighted by atomic mass is 19.1. The summed E-state index contributed by atoms with van der Waals surface area (Å²) < 4.78 is 12.9. The number of nitroso groups, excluding NO2 is 1. The van der Waals surface area contributed by atoms with Gasteiger partial charge in [-0.1, -0.05) is 6.07 Å². The van der Waals surface area contributed by atoms with Crippen LogP contribution in [0.25, 0.3) is 0 Å². The predicted molar refractivity (Wildman–Crippen MR) is 43.1 cm³/mol. The second-order valence-electron chi connectivity index (χ2n) is 2.34. The molecule has 5 heteroatoms. The minimum absolute atomic E-state index is 0. The Morgan fingerprint density at radius 2 is 2.15 bits per heavy atom. The number of halogens is 1. The van der Waals surface area contributed by atoms with Gasteiger partial charge in [-0.25, -0.2) is 4.39 Å². The summed E-state index contributed by atoms with van der Waals surface area (Å²) in [7, 11) is 0. The lowest BCUT2D eigenvalue weighted by Gasteiger charge is -1.97. The average molecular weight is 187 g/mol. The largest absolute Gasteiger partial charge is 0.870 e. The normalized spacial score (nSPS) is 9.08. The smallest absolute Gasteiger partial charge is 0.259 e. The summed E-state index contributed by atoms with van der Waals surface area (Å²) in [4.78, 5) is 10.3. The molecule has 0 spiro atoms. The first-order chi connectivity index (χ1) is 5.79. The fourth-order valence-corrected chi connectivity index (χ4v) is 1.02. The summed E-state index contributed by atoms with van der Waals surface area (Å²) in [5, 5.41) is 10.2. The van der Waals surface area contributed by atoms with E-state index in [2.05, 4.69) is 0 Å². The van der Waals surface area contributed by atoms with Gasteiger partial charge in [0.05, 0.1) is 5.56 Å². The summed E-state index contributed by atoms with van der Waals surface area (Å²) in [6.45, 7) is -0.171. The average Bonchev–Trinajstić information content (AvgIpc) is 2.09. The lowest BCUT2D eigenvalue weighted by Crippen LogP contribution is -2.56. The molecule has 13 heavy (non-hydrogen) atoms. The van der Waals surface area contributed by atoms with Crippen LogP contribution in [0.2, 0.25) is 0 Å².